The van der Waals surface area contributed by atoms with Gasteiger partial charge < -0.3 is 4.74 Å². The fraction of sp³-hybridized carbons (Fsp3) is 0.714. The molecule has 4 heteroatoms. The molecule has 0 aromatic carbocycles. The van der Waals surface area contributed by atoms with E-state index in [9.17, 15) is 0 Å². The molecule has 0 radical (unpaired) electrons. The summed E-state index contributed by atoms with van der Waals surface area (Å²) in [6.07, 6.45) is 7.17. The summed E-state index contributed by atoms with van der Waals surface area (Å²) in [4.78, 5) is 9.22. The summed E-state index contributed by atoms with van der Waals surface area (Å²) < 4.78 is 5.39. The molecule has 1 aliphatic carbocycles. The van der Waals surface area contributed by atoms with Gasteiger partial charge in [-0.05, 0) is 31.7 Å². The lowest BCUT2D eigenvalue weighted by molar-refractivity contribution is 0.0835. The molecule has 1 aromatic rings. The van der Waals surface area contributed by atoms with E-state index in [-0.39, 0.29) is 0 Å². The topological polar surface area (TPSA) is 35.0 Å². The summed E-state index contributed by atoms with van der Waals surface area (Å²) >= 11 is 6.17. The van der Waals surface area contributed by atoms with Gasteiger partial charge in [-0.1, -0.05) is 24.4 Å². The quantitative estimate of drug-likeness (QED) is 0.766. The zero-order valence-corrected chi connectivity index (χ0v) is 11.3. The summed E-state index contributed by atoms with van der Waals surface area (Å²) in [7, 11) is 0. The monoisotopic (exact) mass is 266 g/mol. The molecule has 0 unspecified atom stereocenters. The molecule has 2 heterocycles. The lowest BCUT2D eigenvalue weighted by atomic mass is 9.98. The largest absolute Gasteiger partial charge is 0.381 e. The second kappa shape index (κ2) is 5.54. The molecular weight excluding hydrogens is 248 g/mol. The summed E-state index contributed by atoms with van der Waals surface area (Å²) in [5.74, 6) is 1.97. The maximum absolute atomic E-state index is 6.17. The van der Waals surface area contributed by atoms with E-state index in [0.717, 1.165) is 37.6 Å². The van der Waals surface area contributed by atoms with Gasteiger partial charge >= 0.3 is 0 Å². The third-order valence-corrected chi connectivity index (χ3v) is 4.29. The van der Waals surface area contributed by atoms with Crippen molar-refractivity contribution in [3.8, 4) is 0 Å². The van der Waals surface area contributed by atoms with E-state index >= 15 is 0 Å². The highest BCUT2D eigenvalue weighted by atomic mass is 35.5. The van der Waals surface area contributed by atoms with Crippen molar-refractivity contribution in [2.75, 3.05) is 13.2 Å². The van der Waals surface area contributed by atoms with Gasteiger partial charge in [0.2, 0.25) is 0 Å². The smallest absolute Gasteiger partial charge is 0.133 e. The van der Waals surface area contributed by atoms with Crippen LogP contribution in [0.1, 0.15) is 61.9 Å². The van der Waals surface area contributed by atoms with Gasteiger partial charge in [-0.2, -0.15) is 0 Å². The third kappa shape index (κ3) is 2.67. The Bertz CT molecular complexity index is 412. The zero-order chi connectivity index (χ0) is 12.4. The Hall–Kier alpha value is -0.670. The molecule has 0 atom stereocenters. The van der Waals surface area contributed by atoms with Gasteiger partial charge in [0.05, 0.1) is 0 Å². The van der Waals surface area contributed by atoms with Crippen LogP contribution in [-0.4, -0.2) is 23.2 Å². The van der Waals surface area contributed by atoms with Crippen LogP contribution in [0.25, 0.3) is 0 Å². The summed E-state index contributed by atoms with van der Waals surface area (Å²) in [6, 6.07) is 1.96. The molecule has 0 N–H and O–H groups in total. The van der Waals surface area contributed by atoms with Crippen LogP contribution in [-0.2, 0) is 4.74 Å². The number of rotatable bonds is 2. The zero-order valence-electron chi connectivity index (χ0n) is 10.6. The maximum Gasteiger partial charge on any atom is 0.133 e. The van der Waals surface area contributed by atoms with E-state index in [1.165, 1.54) is 25.7 Å². The first-order valence-electron chi connectivity index (χ1n) is 6.95. The van der Waals surface area contributed by atoms with Crippen LogP contribution in [0.4, 0.5) is 0 Å². The number of halogens is 1. The van der Waals surface area contributed by atoms with Gasteiger partial charge in [0.25, 0.3) is 0 Å². The van der Waals surface area contributed by atoms with E-state index in [4.69, 9.17) is 21.3 Å². The van der Waals surface area contributed by atoms with Crippen LogP contribution in [0.2, 0.25) is 5.15 Å². The standard InChI is InChI=1S/C14H19ClN2O/c15-13-9-12(10-3-1-2-4-10)16-14(17-13)11-5-7-18-8-6-11/h9-11H,1-8H2. The molecule has 2 aliphatic rings. The van der Waals surface area contributed by atoms with E-state index in [1.54, 1.807) is 0 Å². The van der Waals surface area contributed by atoms with Crippen molar-refractivity contribution in [3.05, 3.63) is 22.7 Å². The van der Waals surface area contributed by atoms with Crippen LogP contribution in [0.3, 0.4) is 0 Å². The van der Waals surface area contributed by atoms with Crippen molar-refractivity contribution in [1.29, 1.82) is 0 Å². The molecule has 0 spiro atoms. The summed E-state index contributed by atoms with van der Waals surface area (Å²) in [5.41, 5.74) is 1.16. The Morgan fingerprint density at radius 3 is 2.44 bits per heavy atom. The highest BCUT2D eigenvalue weighted by Crippen LogP contribution is 2.35. The molecule has 0 amide bonds. The molecule has 3 rings (SSSR count). The number of ether oxygens (including phenoxy) is 1. The first-order chi connectivity index (χ1) is 8.83. The normalized spacial score (nSPS) is 22.5. The maximum atomic E-state index is 6.17. The van der Waals surface area contributed by atoms with E-state index in [1.807, 2.05) is 6.07 Å². The fourth-order valence-electron chi connectivity index (χ4n) is 3.02. The SMILES string of the molecule is Clc1cc(C2CCCC2)nc(C2CCOCC2)n1. The number of aromatic nitrogens is 2. The van der Waals surface area contributed by atoms with Crippen LogP contribution < -0.4 is 0 Å². The summed E-state index contributed by atoms with van der Waals surface area (Å²) in [6.45, 7) is 1.64. The van der Waals surface area contributed by atoms with Gasteiger partial charge in [0.15, 0.2) is 0 Å². The van der Waals surface area contributed by atoms with E-state index < -0.39 is 0 Å². The Morgan fingerprint density at radius 2 is 1.72 bits per heavy atom. The Morgan fingerprint density at radius 1 is 1.00 bits per heavy atom. The van der Waals surface area contributed by atoms with E-state index in [0.29, 0.717) is 17.0 Å². The van der Waals surface area contributed by atoms with Crippen LogP contribution >= 0.6 is 11.6 Å². The first kappa shape index (κ1) is 12.4. The molecule has 1 saturated carbocycles. The molecule has 3 nitrogen and oxygen atoms in total. The molecule has 18 heavy (non-hydrogen) atoms. The Kier molecular flexibility index (Phi) is 3.80. The molecule has 1 aliphatic heterocycles. The molecule has 0 bridgehead atoms. The molecule has 1 saturated heterocycles. The second-order valence-corrected chi connectivity index (χ2v) is 5.73. The second-order valence-electron chi connectivity index (χ2n) is 5.34. The Labute approximate surface area is 113 Å². The number of nitrogens with zero attached hydrogens (tertiary/aromatic N) is 2. The minimum atomic E-state index is 0.428. The predicted octanol–water partition coefficient (Wildman–Crippen LogP) is 3.68. The van der Waals surface area contributed by atoms with Crippen molar-refractivity contribution in [1.82, 2.24) is 9.97 Å². The predicted molar refractivity (Wildman–Crippen MR) is 71.0 cm³/mol. The lowest BCUT2D eigenvalue weighted by Crippen LogP contribution is -2.17. The van der Waals surface area contributed by atoms with Crippen molar-refractivity contribution in [2.45, 2.75) is 50.4 Å². The molecule has 2 fully saturated rings. The first-order valence-corrected chi connectivity index (χ1v) is 7.33. The minimum absolute atomic E-state index is 0.428. The van der Waals surface area contributed by atoms with Crippen LogP contribution in [0, 0.1) is 0 Å². The van der Waals surface area contributed by atoms with E-state index in [2.05, 4.69) is 4.98 Å². The highest BCUT2D eigenvalue weighted by Gasteiger charge is 2.23. The average Bonchev–Trinajstić information content (AvgIpc) is 2.93. The summed E-state index contributed by atoms with van der Waals surface area (Å²) in [5, 5.41) is 0.605. The van der Waals surface area contributed by atoms with Gasteiger partial charge in [-0.3, -0.25) is 0 Å². The highest BCUT2D eigenvalue weighted by molar-refractivity contribution is 6.29. The van der Waals surface area contributed by atoms with Crippen molar-refractivity contribution in [3.63, 3.8) is 0 Å². The van der Waals surface area contributed by atoms with Gasteiger partial charge in [0, 0.05) is 30.7 Å². The fourth-order valence-corrected chi connectivity index (χ4v) is 3.22. The Balaban J connectivity index is 1.84. The lowest BCUT2D eigenvalue weighted by Gasteiger charge is -2.21. The molecule has 98 valence electrons. The van der Waals surface area contributed by atoms with Gasteiger partial charge in [0.1, 0.15) is 11.0 Å². The van der Waals surface area contributed by atoms with Crippen LogP contribution in [0.5, 0.6) is 0 Å². The third-order valence-electron chi connectivity index (χ3n) is 4.09. The average molecular weight is 267 g/mol. The number of hydrogen-bond acceptors (Lipinski definition) is 3. The van der Waals surface area contributed by atoms with Crippen molar-refractivity contribution in [2.24, 2.45) is 0 Å². The van der Waals surface area contributed by atoms with Gasteiger partial charge in [-0.25, -0.2) is 9.97 Å². The van der Waals surface area contributed by atoms with Crippen molar-refractivity contribution >= 4 is 11.6 Å². The van der Waals surface area contributed by atoms with Gasteiger partial charge in [-0.15, -0.1) is 0 Å². The van der Waals surface area contributed by atoms with Crippen molar-refractivity contribution < 1.29 is 4.74 Å². The molecule has 1 aromatic heterocycles. The number of hydrogen-bond donors (Lipinski definition) is 0. The molecular formula is C14H19ClN2O. The van der Waals surface area contributed by atoms with Crippen LogP contribution in [0.15, 0.2) is 6.07 Å². The minimum Gasteiger partial charge on any atom is -0.381 e.